The summed E-state index contributed by atoms with van der Waals surface area (Å²) in [6.07, 6.45) is 1.53. The lowest BCUT2D eigenvalue weighted by atomic mass is 9.95. The lowest BCUT2D eigenvalue weighted by Crippen LogP contribution is -2.21. The molecular weight excluding hydrogens is 241 g/mol. The van der Waals surface area contributed by atoms with Gasteiger partial charge < -0.3 is 5.73 Å². The van der Waals surface area contributed by atoms with Gasteiger partial charge in [0, 0.05) is 18.4 Å². The van der Waals surface area contributed by atoms with Gasteiger partial charge in [-0.3, -0.25) is 4.98 Å². The summed E-state index contributed by atoms with van der Waals surface area (Å²) in [6.45, 7) is 0. The number of aromatic nitrogens is 1. The Labute approximate surface area is 103 Å². The molecule has 0 aromatic carbocycles. The molecule has 2 aliphatic rings. The van der Waals surface area contributed by atoms with Crippen LogP contribution in [0.15, 0.2) is 18.5 Å². The first-order valence-electron chi connectivity index (χ1n) is 6.27. The molecule has 2 aliphatic carbocycles. The van der Waals surface area contributed by atoms with Gasteiger partial charge >= 0.3 is 6.18 Å². The van der Waals surface area contributed by atoms with Crippen molar-refractivity contribution in [1.29, 1.82) is 0 Å². The smallest absolute Gasteiger partial charge is 0.324 e. The maximum atomic E-state index is 12.9. The van der Waals surface area contributed by atoms with Crippen molar-refractivity contribution < 1.29 is 13.2 Å². The van der Waals surface area contributed by atoms with Crippen molar-refractivity contribution in [3.05, 3.63) is 29.6 Å². The van der Waals surface area contributed by atoms with E-state index in [2.05, 4.69) is 4.98 Å². The van der Waals surface area contributed by atoms with E-state index in [1.54, 1.807) is 0 Å². The highest BCUT2D eigenvalue weighted by atomic mass is 19.4. The number of halogens is 3. The topological polar surface area (TPSA) is 38.9 Å². The van der Waals surface area contributed by atoms with Gasteiger partial charge in [-0.25, -0.2) is 0 Å². The van der Waals surface area contributed by atoms with Crippen LogP contribution < -0.4 is 5.73 Å². The number of fused-ring (bicyclic) bond motifs is 1. The Morgan fingerprint density at radius 1 is 1.28 bits per heavy atom. The maximum Gasteiger partial charge on any atom is 0.416 e. The molecular formula is C13H15F3N2. The Balaban J connectivity index is 1.88. The van der Waals surface area contributed by atoms with E-state index >= 15 is 0 Å². The molecule has 1 heterocycles. The molecule has 2 nitrogen and oxygen atoms in total. The largest absolute Gasteiger partial charge is 0.416 e. The Bertz CT molecular complexity index is 448. The molecule has 2 fully saturated rings. The number of pyridine rings is 1. The minimum atomic E-state index is -4.35. The average molecular weight is 256 g/mol. The van der Waals surface area contributed by atoms with E-state index in [4.69, 9.17) is 5.73 Å². The number of hydrogen-bond acceptors (Lipinski definition) is 2. The van der Waals surface area contributed by atoms with Crippen molar-refractivity contribution in [2.24, 2.45) is 23.5 Å². The first-order valence-corrected chi connectivity index (χ1v) is 6.27. The van der Waals surface area contributed by atoms with E-state index in [0.29, 0.717) is 11.8 Å². The first kappa shape index (κ1) is 12.0. The minimum absolute atomic E-state index is 0.157. The van der Waals surface area contributed by atoms with E-state index in [-0.39, 0.29) is 11.5 Å². The lowest BCUT2D eigenvalue weighted by Gasteiger charge is -2.19. The standard InChI is InChI=1S/C13H15F3N2/c14-13(15,16)10-4-5-18-6-9(10)12(17)11-7-2-1-3-8(7)11/h4-8,11-12H,1-3,17H2. The normalized spacial score (nSPS) is 32.1. The highest BCUT2D eigenvalue weighted by Gasteiger charge is 2.56. The number of nitrogens with two attached hydrogens (primary N) is 1. The Morgan fingerprint density at radius 2 is 1.94 bits per heavy atom. The predicted molar refractivity (Wildman–Crippen MR) is 60.5 cm³/mol. The molecule has 0 aliphatic heterocycles. The Kier molecular flexibility index (Phi) is 2.62. The van der Waals surface area contributed by atoms with E-state index in [9.17, 15) is 13.2 Å². The molecule has 0 bridgehead atoms. The monoisotopic (exact) mass is 256 g/mol. The Hall–Kier alpha value is -1.10. The Morgan fingerprint density at radius 3 is 2.56 bits per heavy atom. The van der Waals surface area contributed by atoms with Crippen LogP contribution >= 0.6 is 0 Å². The van der Waals surface area contributed by atoms with Gasteiger partial charge in [0.05, 0.1) is 5.56 Å². The van der Waals surface area contributed by atoms with Crippen LogP contribution in [0.2, 0.25) is 0 Å². The molecule has 2 saturated carbocycles. The van der Waals surface area contributed by atoms with Crippen LogP contribution in [0.3, 0.4) is 0 Å². The van der Waals surface area contributed by atoms with Crippen LogP contribution in [-0.2, 0) is 6.18 Å². The fourth-order valence-corrected chi connectivity index (χ4v) is 3.55. The highest BCUT2D eigenvalue weighted by Crippen LogP contribution is 2.62. The summed E-state index contributed by atoms with van der Waals surface area (Å²) in [5, 5.41) is 0. The van der Waals surface area contributed by atoms with Gasteiger partial charge in [-0.2, -0.15) is 13.2 Å². The summed E-state index contributed by atoms with van der Waals surface area (Å²) < 4.78 is 38.7. The summed E-state index contributed by atoms with van der Waals surface area (Å²) in [4.78, 5) is 3.80. The van der Waals surface area contributed by atoms with Crippen LogP contribution in [-0.4, -0.2) is 4.98 Å². The lowest BCUT2D eigenvalue weighted by molar-refractivity contribution is -0.138. The summed E-state index contributed by atoms with van der Waals surface area (Å²) in [5.74, 6) is 1.31. The van der Waals surface area contributed by atoms with Gasteiger partial charge in [-0.15, -0.1) is 0 Å². The third kappa shape index (κ3) is 1.81. The second-order valence-corrected chi connectivity index (χ2v) is 5.32. The average Bonchev–Trinajstić information content (AvgIpc) is 2.80. The van der Waals surface area contributed by atoms with Crippen molar-refractivity contribution in [2.45, 2.75) is 31.5 Å². The second kappa shape index (κ2) is 3.95. The van der Waals surface area contributed by atoms with Crippen molar-refractivity contribution >= 4 is 0 Å². The first-order chi connectivity index (χ1) is 8.50. The van der Waals surface area contributed by atoms with Crippen LogP contribution in [0.4, 0.5) is 13.2 Å². The van der Waals surface area contributed by atoms with Crippen LogP contribution in [0.25, 0.3) is 0 Å². The van der Waals surface area contributed by atoms with Gasteiger partial charge in [-0.1, -0.05) is 6.42 Å². The zero-order valence-electron chi connectivity index (χ0n) is 9.82. The molecule has 1 aromatic heterocycles. The molecule has 0 spiro atoms. The molecule has 3 unspecified atom stereocenters. The predicted octanol–water partition coefficient (Wildman–Crippen LogP) is 3.15. The van der Waals surface area contributed by atoms with Crippen molar-refractivity contribution in [1.82, 2.24) is 4.98 Å². The van der Waals surface area contributed by atoms with Gasteiger partial charge in [-0.05, 0) is 42.2 Å². The third-order valence-corrected chi connectivity index (χ3v) is 4.40. The molecule has 3 rings (SSSR count). The molecule has 3 atom stereocenters. The molecule has 5 heteroatoms. The van der Waals surface area contributed by atoms with E-state index in [1.165, 1.54) is 18.8 Å². The summed E-state index contributed by atoms with van der Waals surface area (Å²) in [7, 11) is 0. The van der Waals surface area contributed by atoms with Gasteiger partial charge in [0.25, 0.3) is 0 Å². The molecule has 0 amide bonds. The van der Waals surface area contributed by atoms with Crippen molar-refractivity contribution in [3.63, 3.8) is 0 Å². The zero-order valence-corrected chi connectivity index (χ0v) is 9.82. The van der Waals surface area contributed by atoms with Crippen LogP contribution in [0.1, 0.15) is 36.4 Å². The number of nitrogens with zero attached hydrogens (tertiary/aromatic N) is 1. The van der Waals surface area contributed by atoms with Gasteiger partial charge in [0.1, 0.15) is 0 Å². The van der Waals surface area contributed by atoms with Crippen LogP contribution in [0.5, 0.6) is 0 Å². The quantitative estimate of drug-likeness (QED) is 0.882. The van der Waals surface area contributed by atoms with E-state index in [1.807, 2.05) is 0 Å². The molecule has 98 valence electrons. The molecule has 0 radical (unpaired) electrons. The molecule has 1 aromatic rings. The van der Waals surface area contributed by atoms with Crippen molar-refractivity contribution in [3.8, 4) is 0 Å². The summed E-state index contributed by atoms with van der Waals surface area (Å²) in [5.41, 5.74) is 5.58. The third-order valence-electron chi connectivity index (χ3n) is 4.40. The summed E-state index contributed by atoms with van der Waals surface area (Å²) in [6, 6.07) is 0.499. The van der Waals surface area contributed by atoms with Gasteiger partial charge in [0.15, 0.2) is 0 Å². The maximum absolute atomic E-state index is 12.9. The number of alkyl halides is 3. The van der Waals surface area contributed by atoms with E-state index in [0.717, 1.165) is 18.9 Å². The molecule has 0 saturated heterocycles. The molecule has 18 heavy (non-hydrogen) atoms. The van der Waals surface area contributed by atoms with E-state index < -0.39 is 17.8 Å². The fourth-order valence-electron chi connectivity index (χ4n) is 3.55. The minimum Gasteiger partial charge on any atom is -0.324 e. The highest BCUT2D eigenvalue weighted by molar-refractivity contribution is 5.31. The van der Waals surface area contributed by atoms with Crippen LogP contribution in [0, 0.1) is 17.8 Å². The number of rotatable bonds is 2. The second-order valence-electron chi connectivity index (χ2n) is 5.32. The van der Waals surface area contributed by atoms with Crippen molar-refractivity contribution in [2.75, 3.05) is 0 Å². The number of hydrogen-bond donors (Lipinski definition) is 1. The summed E-state index contributed by atoms with van der Waals surface area (Å²) >= 11 is 0. The fraction of sp³-hybridized carbons (Fsp3) is 0.615. The SMILES string of the molecule is NC(c1cnccc1C(F)(F)F)C1C2CCCC21. The zero-order chi connectivity index (χ0) is 12.9. The van der Waals surface area contributed by atoms with Gasteiger partial charge in [0.2, 0.25) is 0 Å². The molecule has 2 N–H and O–H groups in total.